The van der Waals surface area contributed by atoms with Crippen LogP contribution >= 0.6 is 0 Å². The number of aryl methyl sites for hydroxylation is 1. The third-order valence-corrected chi connectivity index (χ3v) is 5.93. The van der Waals surface area contributed by atoms with Gasteiger partial charge in [-0.2, -0.15) is 5.10 Å². The smallest absolute Gasteiger partial charge is 0.497 e. The van der Waals surface area contributed by atoms with Gasteiger partial charge in [0, 0.05) is 17.0 Å². The van der Waals surface area contributed by atoms with Crippen molar-refractivity contribution in [2.24, 2.45) is 0 Å². The summed E-state index contributed by atoms with van der Waals surface area (Å²) in [5.74, 6) is 2.13. The number of hydrogen-bond acceptors (Lipinski definition) is 2. The molecule has 0 unspecified atom stereocenters. The largest absolute Gasteiger partial charge is 2.00 e. The monoisotopic (exact) mass is 474 g/mol. The van der Waals surface area contributed by atoms with Gasteiger partial charge in [-0.1, -0.05) is 36.4 Å². The molecule has 0 saturated heterocycles. The van der Waals surface area contributed by atoms with Crippen molar-refractivity contribution in [1.29, 1.82) is 0 Å². The van der Waals surface area contributed by atoms with Crippen LogP contribution in [0.3, 0.4) is 0 Å². The van der Waals surface area contributed by atoms with Gasteiger partial charge >= 0.3 is 17.1 Å². The molecule has 0 spiro atoms. The third kappa shape index (κ3) is 5.39. The predicted molar refractivity (Wildman–Crippen MR) is 128 cm³/mol. The van der Waals surface area contributed by atoms with E-state index in [9.17, 15) is 0 Å². The number of nitrogens with zero attached hydrogens (tertiary/aromatic N) is 2. The molecule has 4 heteroatoms. The minimum atomic E-state index is 0. The van der Waals surface area contributed by atoms with Crippen molar-refractivity contribution in [3.8, 4) is 17.0 Å². The van der Waals surface area contributed by atoms with Crippen LogP contribution in [0.4, 0.5) is 0 Å². The molecule has 0 amide bonds. The second-order valence-corrected chi connectivity index (χ2v) is 7.98. The Morgan fingerprint density at radius 3 is 2.21 bits per heavy atom. The number of ether oxygens (including phenoxy) is 1. The summed E-state index contributed by atoms with van der Waals surface area (Å²) in [7, 11) is 1.72. The second-order valence-electron chi connectivity index (χ2n) is 7.98. The first-order valence-electron chi connectivity index (χ1n) is 11.0. The Morgan fingerprint density at radius 1 is 0.848 bits per heavy atom. The van der Waals surface area contributed by atoms with Crippen molar-refractivity contribution < 1.29 is 21.8 Å². The summed E-state index contributed by atoms with van der Waals surface area (Å²) in [5, 5.41) is 5.08. The Morgan fingerprint density at radius 2 is 1.55 bits per heavy atom. The molecule has 0 N–H and O–H groups in total. The summed E-state index contributed by atoms with van der Waals surface area (Å²) in [4.78, 5) is 0. The molecular formula is C29H26FeN2O+2. The van der Waals surface area contributed by atoms with Crippen LogP contribution in [0.1, 0.15) is 22.4 Å². The molecule has 0 atom stereocenters. The van der Waals surface area contributed by atoms with E-state index in [1.54, 1.807) is 7.11 Å². The molecule has 3 aromatic rings. The van der Waals surface area contributed by atoms with Gasteiger partial charge in [-0.05, 0) is 93.9 Å². The average molecular weight is 474 g/mol. The zero-order valence-electron chi connectivity index (χ0n) is 18.6. The molecule has 0 bridgehead atoms. The van der Waals surface area contributed by atoms with E-state index in [2.05, 4.69) is 72.8 Å². The van der Waals surface area contributed by atoms with E-state index in [0.717, 1.165) is 30.8 Å². The first kappa shape index (κ1) is 24.1. The molecule has 0 aliphatic heterocycles. The zero-order valence-corrected chi connectivity index (χ0v) is 19.7. The molecule has 164 valence electrons. The fraction of sp³-hybridized carbons (Fsp3) is 0.138. The maximum absolute atomic E-state index is 5.47. The van der Waals surface area contributed by atoms with Gasteiger partial charge in [0.05, 0.1) is 25.0 Å². The Bertz CT molecular complexity index is 1030. The van der Waals surface area contributed by atoms with Crippen molar-refractivity contribution in [3.63, 3.8) is 0 Å². The van der Waals surface area contributed by atoms with Crippen molar-refractivity contribution in [1.82, 2.24) is 9.78 Å². The van der Waals surface area contributed by atoms with Gasteiger partial charge in [0.2, 0.25) is 0 Å². The van der Waals surface area contributed by atoms with E-state index in [-0.39, 0.29) is 17.1 Å². The molecule has 3 aliphatic rings. The van der Waals surface area contributed by atoms with Crippen LogP contribution in [0.2, 0.25) is 0 Å². The maximum Gasteiger partial charge on any atom is 2.00 e. The first-order valence-corrected chi connectivity index (χ1v) is 11.0. The van der Waals surface area contributed by atoms with Crippen molar-refractivity contribution in [2.45, 2.75) is 19.4 Å². The van der Waals surface area contributed by atoms with Crippen LogP contribution in [-0.4, -0.2) is 16.9 Å². The Hall–Kier alpha value is -2.03. The third-order valence-electron chi connectivity index (χ3n) is 5.93. The normalized spacial score (nSPS) is 16.9. The maximum atomic E-state index is 5.47. The molecule has 33 heavy (non-hydrogen) atoms. The van der Waals surface area contributed by atoms with Gasteiger partial charge in [-0.3, -0.25) is 4.68 Å². The van der Waals surface area contributed by atoms with E-state index in [0.29, 0.717) is 0 Å². The summed E-state index contributed by atoms with van der Waals surface area (Å²) in [6.45, 7) is 0.771. The van der Waals surface area contributed by atoms with E-state index in [1.807, 2.05) is 38.2 Å². The van der Waals surface area contributed by atoms with Gasteiger partial charge in [0.25, 0.3) is 0 Å². The van der Waals surface area contributed by atoms with Crippen molar-refractivity contribution >= 4 is 0 Å². The summed E-state index contributed by atoms with van der Waals surface area (Å²) < 4.78 is 7.64. The standard InChI is InChI=1S/C24H21N2O.C5H5.Fe/c1-27-20-13-11-18-12-14-21-23(22(18)15-20)25-26(16-17-7-3-2-4-8-17)24(21)19-9-5-6-10-19;1-2-4-5-3-1;/h2-11,13,15H,12,14,16H2,1H3;1-5H;/q;;+2. The fourth-order valence-corrected chi connectivity index (χ4v) is 4.38. The van der Waals surface area contributed by atoms with Crippen molar-refractivity contribution in [2.75, 3.05) is 7.11 Å². The molecule has 3 nitrogen and oxygen atoms in total. The zero-order chi connectivity index (χ0) is 21.8. The van der Waals surface area contributed by atoms with E-state index in [4.69, 9.17) is 9.84 Å². The summed E-state index contributed by atoms with van der Waals surface area (Å²) in [5.41, 5.74) is 7.50. The molecular weight excluding hydrogens is 448 g/mol. The second kappa shape index (κ2) is 11.4. The van der Waals surface area contributed by atoms with E-state index >= 15 is 0 Å². The molecule has 10 radical (unpaired) electrons. The van der Waals surface area contributed by atoms with Crippen LogP contribution in [0.25, 0.3) is 11.3 Å². The average Bonchev–Trinajstić information content (AvgIpc) is 3.62. The van der Waals surface area contributed by atoms with Gasteiger partial charge < -0.3 is 4.74 Å². The van der Waals surface area contributed by atoms with Gasteiger partial charge in [-0.25, -0.2) is 0 Å². The minimum absolute atomic E-state index is 0. The number of fused-ring (bicyclic) bond motifs is 3. The van der Waals surface area contributed by atoms with Crippen LogP contribution in [0, 0.1) is 63.7 Å². The summed E-state index contributed by atoms with van der Waals surface area (Å²) in [6, 6.07) is 16.9. The van der Waals surface area contributed by atoms with E-state index < -0.39 is 0 Å². The van der Waals surface area contributed by atoms with Crippen LogP contribution in [-0.2, 0) is 36.5 Å². The predicted octanol–water partition coefficient (Wildman–Crippen LogP) is 5.48. The molecule has 2 saturated carbocycles. The Balaban J connectivity index is 0.000000385. The SMILES string of the molecule is COc1ccc2c(c1)-c1nn(Cc3ccccc3)c([C]3[CH][CH][CH][CH]3)c1CC2.[CH]1[CH][CH][CH][CH]1.[Fe+2]. The number of methoxy groups -OCH3 is 1. The van der Waals surface area contributed by atoms with Crippen LogP contribution in [0.15, 0.2) is 48.5 Å². The van der Waals surface area contributed by atoms with Gasteiger partial charge in [-0.15, -0.1) is 0 Å². The molecule has 3 aliphatic carbocycles. The molecule has 1 heterocycles. The van der Waals surface area contributed by atoms with E-state index in [1.165, 1.54) is 33.9 Å². The van der Waals surface area contributed by atoms with Gasteiger partial charge in [0.1, 0.15) is 5.75 Å². The first-order chi connectivity index (χ1) is 15.8. The minimum Gasteiger partial charge on any atom is -0.497 e. The van der Waals surface area contributed by atoms with Crippen LogP contribution < -0.4 is 4.74 Å². The Kier molecular flexibility index (Phi) is 8.33. The Labute approximate surface area is 209 Å². The number of rotatable bonds is 4. The van der Waals surface area contributed by atoms with Crippen molar-refractivity contribution in [3.05, 3.63) is 135 Å². The summed E-state index contributed by atoms with van der Waals surface area (Å²) in [6.07, 6.45) is 20.6. The molecule has 2 aromatic carbocycles. The molecule has 6 rings (SSSR count). The van der Waals surface area contributed by atoms with Crippen LogP contribution in [0.5, 0.6) is 5.75 Å². The quantitative estimate of drug-likeness (QED) is 0.469. The topological polar surface area (TPSA) is 27.1 Å². The molecule has 1 aromatic heterocycles. The summed E-state index contributed by atoms with van der Waals surface area (Å²) >= 11 is 0. The number of aromatic nitrogens is 2. The fourth-order valence-electron chi connectivity index (χ4n) is 4.38. The van der Waals surface area contributed by atoms with Gasteiger partial charge in [0.15, 0.2) is 0 Å². The number of benzene rings is 2. The number of hydrogen-bond donors (Lipinski definition) is 0. The molecule has 2 fully saturated rings.